The molecule has 9 heteroatoms. The zero-order valence-electron chi connectivity index (χ0n) is 17.8. The maximum atomic E-state index is 13.0. The standard InChI is InChI=1S/C22H31Br2N3O4/c1-14(10-15-11-18(23)21(29)19(24)12-15)22(30)27-8-4-17(5-9-27)16-2-6-26(7-3-16)13-20(28)25-31/h11-12,14,16-17,29,31H,2-10,13H2,1H3,(H,25,28)/t14-/m1/s1. The largest absolute Gasteiger partial charge is 0.506 e. The topological polar surface area (TPSA) is 93.1 Å². The fourth-order valence-corrected chi connectivity index (χ4v) is 6.18. The van der Waals surface area contributed by atoms with Crippen LogP contribution in [-0.2, 0) is 16.0 Å². The van der Waals surface area contributed by atoms with Gasteiger partial charge in [0.1, 0.15) is 5.75 Å². The minimum Gasteiger partial charge on any atom is -0.506 e. The summed E-state index contributed by atoms with van der Waals surface area (Å²) in [5, 5.41) is 18.6. The summed E-state index contributed by atoms with van der Waals surface area (Å²) in [5.74, 6) is 1.19. The van der Waals surface area contributed by atoms with Crippen LogP contribution in [0.2, 0.25) is 0 Å². The van der Waals surface area contributed by atoms with E-state index in [1.165, 1.54) is 0 Å². The van der Waals surface area contributed by atoms with E-state index in [1.807, 2.05) is 24.0 Å². The molecule has 0 aromatic heterocycles. The molecule has 3 N–H and O–H groups in total. The first-order chi connectivity index (χ1) is 14.8. The summed E-state index contributed by atoms with van der Waals surface area (Å²) in [6, 6.07) is 3.74. The molecular weight excluding hydrogens is 530 g/mol. The maximum Gasteiger partial charge on any atom is 0.257 e. The van der Waals surface area contributed by atoms with E-state index < -0.39 is 0 Å². The summed E-state index contributed by atoms with van der Waals surface area (Å²) in [6.45, 7) is 5.61. The summed E-state index contributed by atoms with van der Waals surface area (Å²) < 4.78 is 1.25. The molecule has 1 aromatic rings. The van der Waals surface area contributed by atoms with Crippen molar-refractivity contribution in [3.8, 4) is 5.75 Å². The minimum absolute atomic E-state index is 0.110. The van der Waals surface area contributed by atoms with Crippen molar-refractivity contribution in [2.45, 2.75) is 39.0 Å². The highest BCUT2D eigenvalue weighted by Crippen LogP contribution is 2.35. The minimum atomic E-state index is -0.355. The van der Waals surface area contributed by atoms with E-state index in [-0.39, 0.29) is 30.0 Å². The number of hydrogen-bond acceptors (Lipinski definition) is 5. The lowest BCUT2D eigenvalue weighted by atomic mass is 9.78. The molecule has 0 saturated carbocycles. The number of phenolic OH excluding ortho intramolecular Hbond substituents is 1. The van der Waals surface area contributed by atoms with Crippen molar-refractivity contribution >= 4 is 43.7 Å². The first kappa shape index (κ1) is 24.5. The number of piperidine rings is 2. The molecule has 7 nitrogen and oxygen atoms in total. The first-order valence-electron chi connectivity index (χ1n) is 10.9. The van der Waals surface area contributed by atoms with Gasteiger partial charge in [0.15, 0.2) is 0 Å². The molecule has 2 fully saturated rings. The third-order valence-corrected chi connectivity index (χ3v) is 7.89. The Morgan fingerprint density at radius 2 is 1.58 bits per heavy atom. The van der Waals surface area contributed by atoms with Gasteiger partial charge >= 0.3 is 0 Å². The van der Waals surface area contributed by atoms with Gasteiger partial charge in [-0.1, -0.05) is 6.92 Å². The van der Waals surface area contributed by atoms with Gasteiger partial charge < -0.3 is 10.0 Å². The molecule has 1 atom stereocenters. The third-order valence-electron chi connectivity index (χ3n) is 6.68. The number of hydroxylamine groups is 1. The van der Waals surface area contributed by atoms with Crippen LogP contribution in [0.5, 0.6) is 5.75 Å². The Bertz CT molecular complexity index is 768. The molecule has 2 heterocycles. The van der Waals surface area contributed by atoms with E-state index in [4.69, 9.17) is 5.21 Å². The number of phenols is 1. The van der Waals surface area contributed by atoms with Gasteiger partial charge in [-0.3, -0.25) is 19.7 Å². The summed E-state index contributed by atoms with van der Waals surface area (Å²) in [5.41, 5.74) is 2.71. The van der Waals surface area contributed by atoms with Gasteiger partial charge in [0.25, 0.3) is 5.91 Å². The maximum absolute atomic E-state index is 13.0. The second-order valence-corrected chi connectivity index (χ2v) is 10.5. The molecule has 31 heavy (non-hydrogen) atoms. The van der Waals surface area contributed by atoms with Crippen LogP contribution in [-0.4, -0.2) is 64.7 Å². The predicted molar refractivity (Wildman–Crippen MR) is 125 cm³/mol. The summed E-state index contributed by atoms with van der Waals surface area (Å²) in [7, 11) is 0. The molecule has 0 unspecified atom stereocenters. The van der Waals surface area contributed by atoms with Gasteiger partial charge in [-0.2, -0.15) is 0 Å². The van der Waals surface area contributed by atoms with Crippen LogP contribution in [0.4, 0.5) is 0 Å². The summed E-state index contributed by atoms with van der Waals surface area (Å²) >= 11 is 6.71. The van der Waals surface area contributed by atoms with E-state index in [0.29, 0.717) is 27.2 Å². The Morgan fingerprint density at radius 3 is 2.10 bits per heavy atom. The van der Waals surface area contributed by atoms with E-state index in [2.05, 4.69) is 36.8 Å². The summed E-state index contributed by atoms with van der Waals surface area (Å²) in [6.07, 6.45) is 4.85. The molecule has 2 aliphatic rings. The van der Waals surface area contributed by atoms with Crippen molar-refractivity contribution in [1.29, 1.82) is 0 Å². The lowest BCUT2D eigenvalue weighted by Crippen LogP contribution is -2.45. The Hall–Kier alpha value is -1.16. The monoisotopic (exact) mass is 559 g/mol. The Kier molecular flexibility index (Phi) is 8.78. The van der Waals surface area contributed by atoms with Crippen LogP contribution in [0.3, 0.4) is 0 Å². The van der Waals surface area contributed by atoms with Crippen LogP contribution in [0, 0.1) is 17.8 Å². The Morgan fingerprint density at radius 1 is 1.06 bits per heavy atom. The number of aromatic hydroxyl groups is 1. The highest BCUT2D eigenvalue weighted by molar-refractivity contribution is 9.11. The van der Waals surface area contributed by atoms with Crippen molar-refractivity contribution in [2.75, 3.05) is 32.7 Å². The third kappa shape index (κ3) is 6.43. The molecular formula is C22H31Br2N3O4. The highest BCUT2D eigenvalue weighted by Gasteiger charge is 2.32. The van der Waals surface area contributed by atoms with Crippen molar-refractivity contribution in [3.05, 3.63) is 26.6 Å². The number of nitrogens with one attached hydrogen (secondary N) is 1. The molecule has 3 rings (SSSR count). The average molecular weight is 561 g/mol. The normalized spacial score (nSPS) is 19.9. The molecule has 2 saturated heterocycles. The van der Waals surface area contributed by atoms with Crippen molar-refractivity contribution in [3.63, 3.8) is 0 Å². The second kappa shape index (κ2) is 11.1. The molecule has 172 valence electrons. The van der Waals surface area contributed by atoms with E-state index in [9.17, 15) is 14.7 Å². The van der Waals surface area contributed by atoms with Crippen LogP contribution in [0.1, 0.15) is 38.2 Å². The number of hydrogen-bond donors (Lipinski definition) is 3. The van der Waals surface area contributed by atoms with Crippen molar-refractivity contribution < 1.29 is 19.9 Å². The molecule has 0 radical (unpaired) electrons. The van der Waals surface area contributed by atoms with Gasteiger partial charge in [0.05, 0.1) is 15.5 Å². The first-order valence-corrected chi connectivity index (χ1v) is 12.5. The van der Waals surface area contributed by atoms with Crippen LogP contribution in [0.25, 0.3) is 0 Å². The molecule has 0 spiro atoms. The van der Waals surface area contributed by atoms with E-state index in [0.717, 1.165) is 57.4 Å². The van der Waals surface area contributed by atoms with Crippen molar-refractivity contribution in [2.24, 2.45) is 17.8 Å². The lowest BCUT2D eigenvalue weighted by Gasteiger charge is -2.40. The fraction of sp³-hybridized carbons (Fsp3) is 0.636. The van der Waals surface area contributed by atoms with Gasteiger partial charge in [-0.15, -0.1) is 0 Å². The number of benzene rings is 1. The number of rotatable bonds is 6. The number of carbonyl (C=O) groups excluding carboxylic acids is 2. The van der Waals surface area contributed by atoms with E-state index >= 15 is 0 Å². The van der Waals surface area contributed by atoms with Crippen molar-refractivity contribution in [1.82, 2.24) is 15.3 Å². The lowest BCUT2D eigenvalue weighted by molar-refractivity contribution is -0.136. The molecule has 2 amide bonds. The zero-order valence-corrected chi connectivity index (χ0v) is 21.0. The SMILES string of the molecule is C[C@H](Cc1cc(Br)c(O)c(Br)c1)C(=O)N1CCC(C2CCN(CC(=O)NO)CC2)CC1. The van der Waals surface area contributed by atoms with Crippen LogP contribution >= 0.6 is 31.9 Å². The van der Waals surface area contributed by atoms with E-state index in [1.54, 1.807) is 5.48 Å². The van der Waals surface area contributed by atoms with Gasteiger partial charge in [-0.05, 0) is 107 Å². The Balaban J connectivity index is 1.45. The number of amides is 2. The number of carbonyl (C=O) groups is 2. The average Bonchev–Trinajstić information content (AvgIpc) is 2.77. The number of likely N-dealkylation sites (tertiary alicyclic amines) is 2. The van der Waals surface area contributed by atoms with Crippen LogP contribution in [0.15, 0.2) is 21.1 Å². The molecule has 2 aliphatic heterocycles. The van der Waals surface area contributed by atoms with Gasteiger partial charge in [0.2, 0.25) is 5.91 Å². The van der Waals surface area contributed by atoms with Gasteiger partial charge in [0, 0.05) is 19.0 Å². The molecule has 0 bridgehead atoms. The fourth-order valence-electron chi connectivity index (χ4n) is 4.90. The molecule has 1 aromatic carbocycles. The smallest absolute Gasteiger partial charge is 0.257 e. The second-order valence-electron chi connectivity index (χ2n) is 8.82. The number of nitrogens with zero attached hydrogens (tertiary/aromatic N) is 2. The van der Waals surface area contributed by atoms with Crippen LogP contribution < -0.4 is 5.48 Å². The molecule has 0 aliphatic carbocycles. The highest BCUT2D eigenvalue weighted by atomic mass is 79.9. The van der Waals surface area contributed by atoms with Gasteiger partial charge in [-0.25, -0.2) is 5.48 Å². The number of halogens is 2. The zero-order chi connectivity index (χ0) is 22.5. The summed E-state index contributed by atoms with van der Waals surface area (Å²) in [4.78, 5) is 28.4. The predicted octanol–water partition coefficient (Wildman–Crippen LogP) is 3.55. The Labute approximate surface area is 200 Å². The quantitative estimate of drug-likeness (QED) is 0.365.